The van der Waals surface area contributed by atoms with Crippen LogP contribution in [0.15, 0.2) is 24.3 Å². The van der Waals surface area contributed by atoms with Crippen molar-refractivity contribution in [2.45, 2.75) is 19.9 Å². The van der Waals surface area contributed by atoms with Crippen LogP contribution in [0.1, 0.15) is 24.3 Å². The number of fused-ring (bicyclic) bond motifs is 1. The van der Waals surface area contributed by atoms with E-state index in [2.05, 4.69) is 15.5 Å². The Morgan fingerprint density at radius 2 is 2.00 bits per heavy atom. The van der Waals surface area contributed by atoms with Crippen LogP contribution in [-0.4, -0.2) is 39.0 Å². The van der Waals surface area contributed by atoms with Crippen LogP contribution in [0.2, 0.25) is 0 Å². The van der Waals surface area contributed by atoms with Crippen LogP contribution in [0, 0.1) is 5.92 Å². The van der Waals surface area contributed by atoms with E-state index in [-0.39, 0.29) is 24.3 Å². The first-order valence-electron chi connectivity index (χ1n) is 6.40. The van der Waals surface area contributed by atoms with Crippen LogP contribution in [0.5, 0.6) is 0 Å². The largest absolute Gasteiger partial charge is 0.476 e. The molecule has 1 aromatic heterocycles. The van der Waals surface area contributed by atoms with E-state index in [0.29, 0.717) is 16.6 Å². The number of nitrogens with zero attached hydrogens (tertiary/aromatic N) is 2. The molecule has 0 aliphatic rings. The molecule has 106 valence electrons. The lowest BCUT2D eigenvalue weighted by Crippen LogP contribution is -2.30. The summed E-state index contributed by atoms with van der Waals surface area (Å²) in [5, 5.41) is 30.1. The highest BCUT2D eigenvalue weighted by atomic mass is 16.4. The van der Waals surface area contributed by atoms with E-state index < -0.39 is 5.97 Å². The SMILES string of the molecule is CC(C)C(CO)Nc1c(C(=O)O)nnc2ccccc12. The molecule has 1 atom stereocenters. The zero-order chi connectivity index (χ0) is 14.7. The second-order valence-corrected chi connectivity index (χ2v) is 4.92. The van der Waals surface area contributed by atoms with Gasteiger partial charge in [0.15, 0.2) is 5.69 Å². The summed E-state index contributed by atoms with van der Waals surface area (Å²) in [6.07, 6.45) is 0. The predicted molar refractivity (Wildman–Crippen MR) is 75.8 cm³/mol. The van der Waals surface area contributed by atoms with Crippen LogP contribution >= 0.6 is 0 Å². The maximum Gasteiger partial charge on any atom is 0.358 e. The third-order valence-corrected chi connectivity index (χ3v) is 3.20. The minimum Gasteiger partial charge on any atom is -0.476 e. The minimum absolute atomic E-state index is 0.0899. The molecule has 0 radical (unpaired) electrons. The summed E-state index contributed by atoms with van der Waals surface area (Å²) in [5.74, 6) is -1.00. The van der Waals surface area contributed by atoms with Crippen LogP contribution in [0.4, 0.5) is 5.69 Å². The van der Waals surface area contributed by atoms with Crippen molar-refractivity contribution in [3.05, 3.63) is 30.0 Å². The summed E-state index contributed by atoms with van der Waals surface area (Å²) in [6.45, 7) is 3.81. The number of carboxylic acid groups (broad SMARTS) is 1. The third kappa shape index (κ3) is 2.70. The molecular formula is C14H17N3O3. The highest BCUT2D eigenvalue weighted by Gasteiger charge is 2.20. The van der Waals surface area contributed by atoms with Gasteiger partial charge >= 0.3 is 5.97 Å². The Labute approximate surface area is 116 Å². The second kappa shape index (κ2) is 5.83. The van der Waals surface area contributed by atoms with Gasteiger partial charge in [-0.1, -0.05) is 32.0 Å². The first-order valence-corrected chi connectivity index (χ1v) is 6.40. The van der Waals surface area contributed by atoms with Gasteiger partial charge in [0.1, 0.15) is 0 Å². The molecular weight excluding hydrogens is 258 g/mol. The lowest BCUT2D eigenvalue weighted by atomic mass is 10.0. The Morgan fingerprint density at radius 1 is 1.30 bits per heavy atom. The number of carbonyl (C=O) groups is 1. The van der Waals surface area contributed by atoms with Crippen LogP contribution in [0.25, 0.3) is 10.9 Å². The standard InChI is InChI=1S/C14H17N3O3/c1-8(2)11(7-18)15-12-9-5-3-4-6-10(9)16-17-13(12)14(19)20/h3-6,8,11,18H,7H2,1-2H3,(H,15,16)(H,19,20). The molecule has 3 N–H and O–H groups in total. The average Bonchev–Trinajstić information content (AvgIpc) is 2.43. The Hall–Kier alpha value is -2.21. The number of rotatable bonds is 5. The van der Waals surface area contributed by atoms with Gasteiger partial charge in [0, 0.05) is 5.39 Å². The van der Waals surface area contributed by atoms with E-state index in [1.807, 2.05) is 26.0 Å². The number of carboxylic acids is 1. The molecule has 2 rings (SSSR count). The van der Waals surface area contributed by atoms with E-state index in [0.717, 1.165) is 0 Å². The number of hydrogen-bond donors (Lipinski definition) is 3. The number of hydrogen-bond acceptors (Lipinski definition) is 5. The Kier molecular flexibility index (Phi) is 4.14. The van der Waals surface area contributed by atoms with Crippen molar-refractivity contribution in [3.63, 3.8) is 0 Å². The van der Waals surface area contributed by atoms with Crippen molar-refractivity contribution in [1.29, 1.82) is 0 Å². The van der Waals surface area contributed by atoms with Gasteiger partial charge in [-0.25, -0.2) is 4.79 Å². The fourth-order valence-corrected chi connectivity index (χ4v) is 1.96. The summed E-state index contributed by atoms with van der Waals surface area (Å²) >= 11 is 0. The fourth-order valence-electron chi connectivity index (χ4n) is 1.96. The van der Waals surface area contributed by atoms with Gasteiger partial charge in [-0.05, 0) is 12.0 Å². The maximum absolute atomic E-state index is 11.3. The van der Waals surface area contributed by atoms with Gasteiger partial charge in [0.25, 0.3) is 0 Å². The quantitative estimate of drug-likeness (QED) is 0.769. The number of aliphatic hydroxyl groups excluding tert-OH is 1. The minimum atomic E-state index is -1.15. The highest BCUT2D eigenvalue weighted by Crippen LogP contribution is 2.26. The van der Waals surface area contributed by atoms with Gasteiger partial charge in [0.2, 0.25) is 0 Å². The van der Waals surface area contributed by atoms with Crippen molar-refractivity contribution in [2.75, 3.05) is 11.9 Å². The van der Waals surface area contributed by atoms with E-state index in [1.54, 1.807) is 12.1 Å². The maximum atomic E-state index is 11.3. The smallest absolute Gasteiger partial charge is 0.358 e. The lowest BCUT2D eigenvalue weighted by molar-refractivity contribution is 0.0690. The molecule has 0 amide bonds. The molecule has 0 bridgehead atoms. The molecule has 0 saturated carbocycles. The molecule has 0 aliphatic carbocycles. The number of aromatic carboxylic acids is 1. The zero-order valence-corrected chi connectivity index (χ0v) is 11.4. The number of nitrogens with one attached hydrogen (secondary N) is 1. The van der Waals surface area contributed by atoms with E-state index >= 15 is 0 Å². The first-order chi connectivity index (χ1) is 9.54. The summed E-state index contributed by atoms with van der Waals surface area (Å²) in [5.41, 5.74) is 0.874. The molecule has 0 fully saturated rings. The molecule has 0 spiro atoms. The van der Waals surface area contributed by atoms with E-state index in [1.165, 1.54) is 0 Å². The van der Waals surface area contributed by atoms with Gasteiger partial charge in [-0.15, -0.1) is 10.2 Å². The zero-order valence-electron chi connectivity index (χ0n) is 11.4. The molecule has 20 heavy (non-hydrogen) atoms. The monoisotopic (exact) mass is 275 g/mol. The van der Waals surface area contributed by atoms with Crippen LogP contribution < -0.4 is 5.32 Å². The summed E-state index contributed by atoms with van der Waals surface area (Å²) in [7, 11) is 0. The van der Waals surface area contributed by atoms with Crippen molar-refractivity contribution in [1.82, 2.24) is 10.2 Å². The molecule has 0 aliphatic heterocycles. The van der Waals surface area contributed by atoms with Crippen molar-refractivity contribution in [2.24, 2.45) is 5.92 Å². The van der Waals surface area contributed by atoms with Crippen LogP contribution in [0.3, 0.4) is 0 Å². The van der Waals surface area contributed by atoms with Crippen molar-refractivity contribution >= 4 is 22.6 Å². The number of aromatic nitrogens is 2. The van der Waals surface area contributed by atoms with Gasteiger partial charge < -0.3 is 15.5 Å². The molecule has 1 unspecified atom stereocenters. The van der Waals surface area contributed by atoms with Gasteiger partial charge in [-0.2, -0.15) is 0 Å². The topological polar surface area (TPSA) is 95.3 Å². The lowest BCUT2D eigenvalue weighted by Gasteiger charge is -2.22. The van der Waals surface area contributed by atoms with Crippen LogP contribution in [-0.2, 0) is 0 Å². The molecule has 0 saturated heterocycles. The first kappa shape index (κ1) is 14.2. The summed E-state index contributed by atoms with van der Waals surface area (Å²) in [4.78, 5) is 11.3. The van der Waals surface area contributed by atoms with Gasteiger partial charge in [-0.3, -0.25) is 0 Å². The van der Waals surface area contributed by atoms with E-state index in [9.17, 15) is 15.0 Å². The normalized spacial score (nSPS) is 12.6. The molecule has 6 nitrogen and oxygen atoms in total. The number of aliphatic hydroxyl groups is 1. The molecule has 1 aromatic carbocycles. The summed E-state index contributed by atoms with van der Waals surface area (Å²) < 4.78 is 0. The molecule has 1 heterocycles. The van der Waals surface area contributed by atoms with Crippen molar-refractivity contribution < 1.29 is 15.0 Å². The molecule has 2 aromatic rings. The Balaban J connectivity index is 2.57. The van der Waals surface area contributed by atoms with E-state index in [4.69, 9.17) is 0 Å². The number of anilines is 1. The summed E-state index contributed by atoms with van der Waals surface area (Å²) in [6, 6.07) is 6.92. The fraction of sp³-hybridized carbons (Fsp3) is 0.357. The Bertz CT molecular complexity index is 628. The predicted octanol–water partition coefficient (Wildman–Crippen LogP) is 1.76. The van der Waals surface area contributed by atoms with Gasteiger partial charge in [0.05, 0.1) is 23.9 Å². The third-order valence-electron chi connectivity index (χ3n) is 3.20. The Morgan fingerprint density at radius 3 is 2.60 bits per heavy atom. The average molecular weight is 275 g/mol. The highest BCUT2D eigenvalue weighted by molar-refractivity contribution is 6.02. The van der Waals surface area contributed by atoms with Crippen molar-refractivity contribution in [3.8, 4) is 0 Å². The molecule has 6 heteroatoms. The second-order valence-electron chi connectivity index (χ2n) is 4.92. The number of benzene rings is 1.